The van der Waals surface area contributed by atoms with E-state index in [2.05, 4.69) is 5.32 Å². The number of hydrogen-bond acceptors (Lipinski definition) is 8. The fourth-order valence-electron chi connectivity index (χ4n) is 4.78. The average Bonchev–Trinajstić information content (AvgIpc) is 3.68. The lowest BCUT2D eigenvalue weighted by Crippen LogP contribution is -2.35. The number of nitrogens with two attached hydrogens (primary N) is 1. The Labute approximate surface area is 229 Å². The number of ether oxygens (including phenoxy) is 2. The molecule has 0 saturated heterocycles. The predicted octanol–water partition coefficient (Wildman–Crippen LogP) is 4.44. The fourth-order valence-corrected chi connectivity index (χ4v) is 4.78. The first-order valence-electron chi connectivity index (χ1n) is 13.5. The summed E-state index contributed by atoms with van der Waals surface area (Å²) in [5, 5.41) is 24.1. The molecule has 1 aromatic heterocycles. The van der Waals surface area contributed by atoms with Crippen LogP contribution >= 0.6 is 0 Å². The highest BCUT2D eigenvalue weighted by atomic mass is 16.5. The number of Topliss-reactive ketones (excluding diaryl/α,β-unsaturated/α-hetero) is 1. The number of pyridine rings is 1. The first-order chi connectivity index (χ1) is 18.6. The quantitative estimate of drug-likeness (QED) is 0.268. The zero-order valence-corrected chi connectivity index (χ0v) is 22.8. The van der Waals surface area contributed by atoms with E-state index in [1.165, 1.54) is 0 Å². The highest BCUT2D eigenvalue weighted by Gasteiger charge is 2.36. The number of rotatable bonds is 11. The molecule has 8 heteroatoms. The molecule has 0 bridgehead atoms. The monoisotopic (exact) mass is 531 g/mol. The lowest BCUT2D eigenvalue weighted by atomic mass is 9.88. The molecule has 5 rings (SSSR count). The van der Waals surface area contributed by atoms with Crippen molar-refractivity contribution < 1.29 is 24.5 Å². The summed E-state index contributed by atoms with van der Waals surface area (Å²) in [6.07, 6.45) is 2.36. The molecule has 1 fully saturated rings. The third-order valence-corrected chi connectivity index (χ3v) is 7.42. The Morgan fingerprint density at radius 1 is 1.18 bits per heavy atom. The SMILES string of the molecule is Cc1ccc(-c2nc(C(C)(O)CCC(=O)c3ccc(OCCO)c(OC4CC4)c3)cc3c2NCC3(C)N)cc1. The predicted molar refractivity (Wildman–Crippen MR) is 150 cm³/mol. The van der Waals surface area contributed by atoms with Crippen molar-refractivity contribution >= 4 is 11.5 Å². The molecule has 1 aliphatic heterocycles. The van der Waals surface area contributed by atoms with Gasteiger partial charge in [-0.25, -0.2) is 4.98 Å². The van der Waals surface area contributed by atoms with E-state index in [-0.39, 0.29) is 37.9 Å². The second-order valence-electron chi connectivity index (χ2n) is 11.2. The van der Waals surface area contributed by atoms with Crippen LogP contribution in [-0.2, 0) is 11.1 Å². The Morgan fingerprint density at radius 3 is 2.62 bits per heavy atom. The van der Waals surface area contributed by atoms with Gasteiger partial charge in [0.1, 0.15) is 12.2 Å². The maximum atomic E-state index is 13.2. The second-order valence-corrected chi connectivity index (χ2v) is 11.2. The van der Waals surface area contributed by atoms with Gasteiger partial charge in [0.15, 0.2) is 17.3 Å². The highest BCUT2D eigenvalue weighted by Crippen LogP contribution is 2.42. The molecule has 1 aliphatic carbocycles. The molecule has 3 aromatic rings. The van der Waals surface area contributed by atoms with Crippen molar-refractivity contribution in [2.75, 3.05) is 25.1 Å². The van der Waals surface area contributed by atoms with Gasteiger partial charge in [-0.2, -0.15) is 0 Å². The number of aliphatic hydroxyl groups excluding tert-OH is 1. The van der Waals surface area contributed by atoms with E-state index in [4.69, 9.17) is 25.3 Å². The van der Waals surface area contributed by atoms with E-state index in [0.29, 0.717) is 29.3 Å². The van der Waals surface area contributed by atoms with Crippen molar-refractivity contribution in [3.63, 3.8) is 0 Å². The summed E-state index contributed by atoms with van der Waals surface area (Å²) < 4.78 is 11.5. The number of anilines is 1. The van der Waals surface area contributed by atoms with Crippen LogP contribution in [0, 0.1) is 6.92 Å². The van der Waals surface area contributed by atoms with Crippen LogP contribution in [0.2, 0.25) is 0 Å². The van der Waals surface area contributed by atoms with E-state index in [9.17, 15) is 9.90 Å². The van der Waals surface area contributed by atoms with E-state index >= 15 is 0 Å². The standard InChI is InChI=1S/C31H37N3O5/c1-19-4-6-20(7-5-19)28-29-23(30(2,32)18-33-29)17-27(34-28)31(3,37)13-12-24(36)21-8-11-25(38-15-14-35)26(16-21)39-22-9-10-22/h4-8,11,16-17,22,33,35,37H,9-10,12-15,18,32H2,1-3H3. The third kappa shape index (κ3) is 5.93. The number of hydrogen-bond donors (Lipinski definition) is 4. The van der Waals surface area contributed by atoms with Crippen molar-refractivity contribution in [2.24, 2.45) is 5.73 Å². The Kier molecular flexibility index (Phi) is 7.37. The van der Waals surface area contributed by atoms with E-state index in [1.807, 2.05) is 44.2 Å². The summed E-state index contributed by atoms with van der Waals surface area (Å²) in [5.41, 5.74) is 10.2. The van der Waals surface area contributed by atoms with Gasteiger partial charge in [-0.3, -0.25) is 4.79 Å². The Hall–Kier alpha value is -3.46. The van der Waals surface area contributed by atoms with Gasteiger partial charge < -0.3 is 30.7 Å². The summed E-state index contributed by atoms with van der Waals surface area (Å²) in [4.78, 5) is 18.1. The number of aliphatic hydroxyl groups is 2. The van der Waals surface area contributed by atoms with Gasteiger partial charge in [-0.15, -0.1) is 0 Å². The van der Waals surface area contributed by atoms with Gasteiger partial charge in [0.2, 0.25) is 0 Å². The summed E-state index contributed by atoms with van der Waals surface area (Å²) in [6.45, 7) is 6.29. The molecule has 2 unspecified atom stereocenters. The van der Waals surface area contributed by atoms with Gasteiger partial charge in [0.05, 0.1) is 35.3 Å². The minimum Gasteiger partial charge on any atom is -0.487 e. The average molecular weight is 532 g/mol. The van der Waals surface area contributed by atoms with Crippen LogP contribution in [0.15, 0.2) is 48.5 Å². The summed E-state index contributed by atoms with van der Waals surface area (Å²) in [6, 6.07) is 15.0. The molecule has 2 heterocycles. The minimum absolute atomic E-state index is 0.111. The van der Waals surface area contributed by atoms with Gasteiger partial charge in [-0.1, -0.05) is 29.8 Å². The van der Waals surface area contributed by atoms with E-state index in [0.717, 1.165) is 40.9 Å². The topological polar surface area (TPSA) is 127 Å². The molecule has 8 nitrogen and oxygen atoms in total. The number of ketones is 1. The van der Waals surface area contributed by atoms with Crippen LogP contribution in [0.25, 0.3) is 11.3 Å². The van der Waals surface area contributed by atoms with Crippen molar-refractivity contribution in [2.45, 2.75) is 63.7 Å². The molecule has 0 radical (unpaired) electrons. The number of carbonyl (C=O) groups excluding carboxylic acids is 1. The summed E-state index contributed by atoms with van der Waals surface area (Å²) in [5.74, 6) is 0.889. The fraction of sp³-hybridized carbons (Fsp3) is 0.419. The molecule has 0 spiro atoms. The van der Waals surface area contributed by atoms with Gasteiger partial charge >= 0.3 is 0 Å². The summed E-state index contributed by atoms with van der Waals surface area (Å²) >= 11 is 0. The highest BCUT2D eigenvalue weighted by molar-refractivity contribution is 5.96. The number of fused-ring (bicyclic) bond motifs is 1. The van der Waals surface area contributed by atoms with Crippen molar-refractivity contribution in [1.29, 1.82) is 0 Å². The van der Waals surface area contributed by atoms with Gasteiger partial charge in [0, 0.05) is 29.7 Å². The molecule has 206 valence electrons. The minimum atomic E-state index is -1.36. The van der Waals surface area contributed by atoms with Crippen LogP contribution in [0.4, 0.5) is 5.69 Å². The third-order valence-electron chi connectivity index (χ3n) is 7.42. The molecular weight excluding hydrogens is 494 g/mol. The molecule has 5 N–H and O–H groups in total. The zero-order chi connectivity index (χ0) is 27.8. The van der Waals surface area contributed by atoms with Crippen LogP contribution in [0.5, 0.6) is 11.5 Å². The number of aryl methyl sites for hydroxylation is 1. The molecule has 2 atom stereocenters. The first kappa shape index (κ1) is 27.1. The maximum Gasteiger partial charge on any atom is 0.163 e. The summed E-state index contributed by atoms with van der Waals surface area (Å²) in [7, 11) is 0. The lowest BCUT2D eigenvalue weighted by Gasteiger charge is -2.26. The number of nitrogens with zero attached hydrogens (tertiary/aromatic N) is 1. The Morgan fingerprint density at radius 2 is 1.92 bits per heavy atom. The van der Waals surface area contributed by atoms with Crippen molar-refractivity contribution in [1.82, 2.24) is 4.98 Å². The lowest BCUT2D eigenvalue weighted by molar-refractivity contribution is 0.0397. The van der Waals surface area contributed by atoms with E-state index < -0.39 is 11.1 Å². The molecule has 1 saturated carbocycles. The largest absolute Gasteiger partial charge is 0.487 e. The van der Waals surface area contributed by atoms with Gasteiger partial charge in [-0.05, 0) is 64.3 Å². The first-order valence-corrected chi connectivity index (χ1v) is 13.5. The van der Waals surface area contributed by atoms with Crippen LogP contribution in [0.3, 0.4) is 0 Å². The van der Waals surface area contributed by atoms with Crippen LogP contribution in [0.1, 0.15) is 66.7 Å². The molecule has 0 amide bonds. The molecule has 39 heavy (non-hydrogen) atoms. The number of aromatic nitrogens is 1. The van der Waals surface area contributed by atoms with E-state index in [1.54, 1.807) is 25.1 Å². The number of benzene rings is 2. The molecule has 2 aliphatic rings. The normalized spacial score (nSPS) is 19.6. The Balaban J connectivity index is 1.39. The second kappa shape index (κ2) is 10.6. The maximum absolute atomic E-state index is 13.2. The van der Waals surface area contributed by atoms with Crippen molar-refractivity contribution in [3.05, 3.63) is 70.9 Å². The van der Waals surface area contributed by atoms with Crippen LogP contribution in [-0.4, -0.2) is 46.8 Å². The van der Waals surface area contributed by atoms with Gasteiger partial charge in [0.25, 0.3) is 0 Å². The number of nitrogens with one attached hydrogen (secondary N) is 1. The van der Waals surface area contributed by atoms with Crippen molar-refractivity contribution in [3.8, 4) is 22.8 Å². The molecule has 2 aromatic carbocycles. The smallest absolute Gasteiger partial charge is 0.163 e. The Bertz CT molecular complexity index is 1360. The number of carbonyl (C=O) groups is 1. The zero-order valence-electron chi connectivity index (χ0n) is 22.8. The van der Waals surface area contributed by atoms with Crippen LogP contribution < -0.4 is 20.5 Å². The molecular formula is C31H37N3O5.